The second-order valence-electron chi connectivity index (χ2n) is 2.45. The van der Waals surface area contributed by atoms with Gasteiger partial charge in [-0.05, 0) is 18.9 Å². The van der Waals surface area contributed by atoms with E-state index < -0.39 is 0 Å². The molecule has 1 rings (SSSR count). The molecule has 0 aromatic heterocycles. The molecule has 1 aliphatic rings. The SMILES string of the molecule is C=C(C)/C=C1/CCOC1. The summed E-state index contributed by atoms with van der Waals surface area (Å²) in [5.74, 6) is 0. The summed E-state index contributed by atoms with van der Waals surface area (Å²) in [6.45, 7) is 7.49. The van der Waals surface area contributed by atoms with Crippen molar-refractivity contribution < 1.29 is 4.74 Å². The van der Waals surface area contributed by atoms with Crippen molar-refractivity contribution >= 4 is 0 Å². The van der Waals surface area contributed by atoms with Crippen molar-refractivity contribution in [2.45, 2.75) is 13.3 Å². The molecule has 0 amide bonds. The third-order valence-corrected chi connectivity index (χ3v) is 1.31. The van der Waals surface area contributed by atoms with Crippen LogP contribution in [0.2, 0.25) is 0 Å². The van der Waals surface area contributed by atoms with Gasteiger partial charge < -0.3 is 4.74 Å². The Balaban J connectivity index is 2.49. The van der Waals surface area contributed by atoms with Gasteiger partial charge in [-0.25, -0.2) is 0 Å². The van der Waals surface area contributed by atoms with E-state index in [9.17, 15) is 0 Å². The summed E-state index contributed by atoms with van der Waals surface area (Å²) in [5.41, 5.74) is 2.50. The Morgan fingerprint density at radius 2 is 2.56 bits per heavy atom. The molecule has 1 fully saturated rings. The smallest absolute Gasteiger partial charge is 0.0680 e. The number of hydrogen-bond acceptors (Lipinski definition) is 1. The third kappa shape index (κ3) is 2.02. The number of ether oxygens (including phenoxy) is 1. The fraction of sp³-hybridized carbons (Fsp3) is 0.500. The van der Waals surface area contributed by atoms with Gasteiger partial charge >= 0.3 is 0 Å². The van der Waals surface area contributed by atoms with Gasteiger partial charge in [0.25, 0.3) is 0 Å². The number of hydrogen-bond donors (Lipinski definition) is 0. The van der Waals surface area contributed by atoms with Gasteiger partial charge in [0.2, 0.25) is 0 Å². The van der Waals surface area contributed by atoms with Crippen LogP contribution in [-0.4, -0.2) is 13.2 Å². The average Bonchev–Trinajstić information content (AvgIpc) is 2.15. The minimum Gasteiger partial charge on any atom is -0.377 e. The van der Waals surface area contributed by atoms with Gasteiger partial charge in [0.15, 0.2) is 0 Å². The maximum Gasteiger partial charge on any atom is 0.0680 e. The quantitative estimate of drug-likeness (QED) is 0.519. The normalized spacial score (nSPS) is 23.0. The van der Waals surface area contributed by atoms with Crippen LogP contribution < -0.4 is 0 Å². The van der Waals surface area contributed by atoms with Gasteiger partial charge in [0.1, 0.15) is 0 Å². The van der Waals surface area contributed by atoms with E-state index in [0.717, 1.165) is 25.2 Å². The Labute approximate surface area is 56.0 Å². The second kappa shape index (κ2) is 2.83. The lowest BCUT2D eigenvalue weighted by Crippen LogP contribution is -1.80. The standard InChI is InChI=1S/C8H12O/c1-7(2)5-8-3-4-9-6-8/h5H,1,3-4,6H2,2H3/b8-5-. The van der Waals surface area contributed by atoms with E-state index in [1.165, 1.54) is 5.57 Å². The summed E-state index contributed by atoms with van der Waals surface area (Å²) in [5, 5.41) is 0. The third-order valence-electron chi connectivity index (χ3n) is 1.31. The lowest BCUT2D eigenvalue weighted by molar-refractivity contribution is 0.204. The summed E-state index contributed by atoms with van der Waals surface area (Å²) < 4.78 is 5.15. The van der Waals surface area contributed by atoms with Gasteiger partial charge in [-0.15, -0.1) is 0 Å². The van der Waals surface area contributed by atoms with E-state index in [4.69, 9.17) is 4.74 Å². The predicted molar refractivity (Wildman–Crippen MR) is 38.3 cm³/mol. The van der Waals surface area contributed by atoms with Crippen LogP contribution in [0.25, 0.3) is 0 Å². The lowest BCUT2D eigenvalue weighted by atomic mass is 10.2. The average molecular weight is 124 g/mol. The van der Waals surface area contributed by atoms with E-state index >= 15 is 0 Å². The van der Waals surface area contributed by atoms with Gasteiger partial charge in [0, 0.05) is 0 Å². The van der Waals surface area contributed by atoms with Gasteiger partial charge in [-0.2, -0.15) is 0 Å². The molecule has 1 heteroatoms. The highest BCUT2D eigenvalue weighted by Gasteiger charge is 2.04. The molecular formula is C8H12O. The topological polar surface area (TPSA) is 9.23 Å². The monoisotopic (exact) mass is 124 g/mol. The van der Waals surface area contributed by atoms with Gasteiger partial charge in [-0.3, -0.25) is 0 Å². The van der Waals surface area contributed by atoms with Gasteiger partial charge in [-0.1, -0.05) is 18.2 Å². The fourth-order valence-corrected chi connectivity index (χ4v) is 0.941. The Kier molecular flexibility index (Phi) is 2.06. The van der Waals surface area contributed by atoms with Crippen LogP contribution in [0, 0.1) is 0 Å². The molecule has 0 aromatic carbocycles. The van der Waals surface area contributed by atoms with Gasteiger partial charge in [0.05, 0.1) is 13.2 Å². The van der Waals surface area contributed by atoms with Crippen LogP contribution in [0.5, 0.6) is 0 Å². The van der Waals surface area contributed by atoms with E-state index in [1.54, 1.807) is 0 Å². The molecule has 0 aromatic rings. The Morgan fingerprint density at radius 1 is 1.78 bits per heavy atom. The first-order valence-corrected chi connectivity index (χ1v) is 3.22. The van der Waals surface area contributed by atoms with Crippen molar-refractivity contribution in [3.05, 3.63) is 23.8 Å². The van der Waals surface area contributed by atoms with E-state index in [0.29, 0.717) is 0 Å². The molecule has 1 nitrogen and oxygen atoms in total. The zero-order chi connectivity index (χ0) is 6.69. The van der Waals surface area contributed by atoms with Crippen LogP contribution in [0.3, 0.4) is 0 Å². The second-order valence-corrected chi connectivity index (χ2v) is 2.45. The molecule has 1 heterocycles. The van der Waals surface area contributed by atoms with Crippen molar-refractivity contribution in [3.8, 4) is 0 Å². The molecule has 0 aliphatic carbocycles. The first-order chi connectivity index (χ1) is 4.29. The highest BCUT2D eigenvalue weighted by Crippen LogP contribution is 2.12. The summed E-state index contributed by atoms with van der Waals surface area (Å²) in [4.78, 5) is 0. The summed E-state index contributed by atoms with van der Waals surface area (Å²) in [6, 6.07) is 0. The number of allylic oxidation sites excluding steroid dienone is 2. The first-order valence-electron chi connectivity index (χ1n) is 3.22. The summed E-state index contributed by atoms with van der Waals surface area (Å²) in [7, 11) is 0. The van der Waals surface area contributed by atoms with Crippen molar-refractivity contribution in [3.63, 3.8) is 0 Å². The molecule has 0 bridgehead atoms. The number of rotatable bonds is 1. The zero-order valence-electron chi connectivity index (χ0n) is 5.81. The van der Waals surface area contributed by atoms with Crippen molar-refractivity contribution in [1.82, 2.24) is 0 Å². The molecule has 0 radical (unpaired) electrons. The molecule has 0 unspecified atom stereocenters. The van der Waals surface area contributed by atoms with Crippen LogP contribution >= 0.6 is 0 Å². The zero-order valence-corrected chi connectivity index (χ0v) is 5.81. The molecule has 1 aliphatic heterocycles. The minimum absolute atomic E-state index is 0.812. The largest absolute Gasteiger partial charge is 0.377 e. The molecule has 50 valence electrons. The molecular weight excluding hydrogens is 112 g/mol. The van der Waals surface area contributed by atoms with Crippen molar-refractivity contribution in [2.24, 2.45) is 0 Å². The molecule has 0 N–H and O–H groups in total. The maximum atomic E-state index is 5.15. The molecule has 0 atom stereocenters. The lowest BCUT2D eigenvalue weighted by Gasteiger charge is -1.90. The van der Waals surface area contributed by atoms with E-state index in [1.807, 2.05) is 6.92 Å². The van der Waals surface area contributed by atoms with E-state index in [-0.39, 0.29) is 0 Å². The summed E-state index contributed by atoms with van der Waals surface area (Å²) in [6.07, 6.45) is 3.19. The Hall–Kier alpha value is -0.560. The van der Waals surface area contributed by atoms with Crippen LogP contribution in [-0.2, 0) is 4.74 Å². The Bertz CT molecular complexity index is 137. The molecule has 0 saturated carbocycles. The van der Waals surface area contributed by atoms with Crippen LogP contribution in [0.1, 0.15) is 13.3 Å². The minimum atomic E-state index is 0.812. The summed E-state index contributed by atoms with van der Waals surface area (Å²) >= 11 is 0. The van der Waals surface area contributed by atoms with Crippen molar-refractivity contribution in [2.75, 3.05) is 13.2 Å². The highest BCUT2D eigenvalue weighted by molar-refractivity contribution is 5.20. The fourth-order valence-electron chi connectivity index (χ4n) is 0.941. The molecule has 0 spiro atoms. The van der Waals surface area contributed by atoms with Crippen LogP contribution in [0.4, 0.5) is 0 Å². The molecule has 1 saturated heterocycles. The first kappa shape index (κ1) is 6.56. The van der Waals surface area contributed by atoms with Crippen molar-refractivity contribution in [1.29, 1.82) is 0 Å². The Morgan fingerprint density at radius 3 is 3.00 bits per heavy atom. The molecule has 9 heavy (non-hydrogen) atoms. The predicted octanol–water partition coefficient (Wildman–Crippen LogP) is 1.91. The van der Waals surface area contributed by atoms with E-state index in [2.05, 4.69) is 12.7 Å². The highest BCUT2D eigenvalue weighted by atomic mass is 16.5. The maximum absolute atomic E-state index is 5.15. The van der Waals surface area contributed by atoms with Crippen LogP contribution in [0.15, 0.2) is 23.8 Å².